The Balaban J connectivity index is 0.000000416. The summed E-state index contributed by atoms with van der Waals surface area (Å²) in [6.45, 7) is 10.8. The van der Waals surface area contributed by atoms with Crippen molar-refractivity contribution in [2.24, 2.45) is 0 Å². The molecule has 0 aliphatic heterocycles. The molecule has 1 aliphatic rings. The minimum atomic E-state index is 0.615. The van der Waals surface area contributed by atoms with E-state index in [0.717, 1.165) is 23.8 Å². The van der Waals surface area contributed by atoms with Crippen LogP contribution >= 0.6 is 0 Å². The number of hydrogen-bond donors (Lipinski definition) is 2. The fourth-order valence-electron chi connectivity index (χ4n) is 2.37. The van der Waals surface area contributed by atoms with Gasteiger partial charge in [0.05, 0.1) is 6.54 Å². The molecule has 0 saturated heterocycles. The fraction of sp³-hybridized carbons (Fsp3) is 0.391. The largest absolute Gasteiger partial charge is 0.460 e. The minimum absolute atomic E-state index is 0.615. The molecule has 0 bridgehead atoms. The summed E-state index contributed by atoms with van der Waals surface area (Å²) < 4.78 is 5.55. The van der Waals surface area contributed by atoms with Crippen molar-refractivity contribution < 1.29 is 9.21 Å². The van der Waals surface area contributed by atoms with Crippen molar-refractivity contribution in [3.05, 3.63) is 60.0 Å². The second-order valence-electron chi connectivity index (χ2n) is 5.57. The summed E-state index contributed by atoms with van der Waals surface area (Å²) in [6.07, 6.45) is 4.53. The van der Waals surface area contributed by atoms with E-state index in [-0.39, 0.29) is 0 Å². The number of aromatic nitrogens is 1. The molecule has 154 valence electrons. The summed E-state index contributed by atoms with van der Waals surface area (Å²) in [5.41, 5.74) is 7.74. The van der Waals surface area contributed by atoms with Crippen molar-refractivity contribution in [2.75, 3.05) is 12.8 Å². The van der Waals surface area contributed by atoms with E-state index in [9.17, 15) is 0 Å². The van der Waals surface area contributed by atoms with Gasteiger partial charge in [-0.05, 0) is 49.6 Å². The van der Waals surface area contributed by atoms with Crippen LogP contribution in [0.25, 0.3) is 11.0 Å². The molecule has 1 aromatic carbocycles. The second-order valence-corrected chi connectivity index (χ2v) is 5.57. The molecule has 1 fully saturated rings. The number of carbonyl (C=O) groups is 1. The van der Waals surface area contributed by atoms with E-state index in [1.165, 1.54) is 23.8 Å². The Morgan fingerprint density at radius 1 is 1.11 bits per heavy atom. The van der Waals surface area contributed by atoms with Crippen LogP contribution in [0.2, 0.25) is 0 Å². The number of fused-ring (bicyclic) bond motifs is 1. The van der Waals surface area contributed by atoms with Gasteiger partial charge in [-0.15, -0.1) is 0 Å². The summed E-state index contributed by atoms with van der Waals surface area (Å²) in [5.74, 6) is 2.39. The Labute approximate surface area is 169 Å². The lowest BCUT2D eigenvalue weighted by atomic mass is 10.2. The highest BCUT2D eigenvalue weighted by atomic mass is 16.3. The van der Waals surface area contributed by atoms with Crippen LogP contribution in [-0.4, -0.2) is 18.8 Å². The molecule has 3 N–H and O–H groups in total. The zero-order valence-corrected chi connectivity index (χ0v) is 17.9. The molecule has 28 heavy (non-hydrogen) atoms. The van der Waals surface area contributed by atoms with Crippen LogP contribution in [0.3, 0.4) is 0 Å². The number of nitrogens with zero attached hydrogens (tertiary/aromatic N) is 1. The van der Waals surface area contributed by atoms with E-state index >= 15 is 0 Å². The van der Waals surface area contributed by atoms with E-state index in [1.54, 1.807) is 0 Å². The van der Waals surface area contributed by atoms with Gasteiger partial charge in [-0.3, -0.25) is 0 Å². The van der Waals surface area contributed by atoms with Gasteiger partial charge >= 0.3 is 0 Å². The molecule has 5 heteroatoms. The molecule has 0 unspecified atom stereocenters. The molecule has 0 atom stereocenters. The van der Waals surface area contributed by atoms with Gasteiger partial charge in [0, 0.05) is 11.6 Å². The zero-order chi connectivity index (χ0) is 21.4. The van der Waals surface area contributed by atoms with Crippen LogP contribution in [0.15, 0.2) is 53.1 Å². The summed E-state index contributed by atoms with van der Waals surface area (Å²) in [7, 11) is 1.91. The predicted molar refractivity (Wildman–Crippen MR) is 119 cm³/mol. The molecule has 2 aromatic heterocycles. The molecule has 1 saturated carbocycles. The monoisotopic (exact) mass is 385 g/mol. The lowest BCUT2D eigenvalue weighted by Gasteiger charge is -1.95. The molecule has 0 spiro atoms. The average Bonchev–Trinajstić information content (AvgIpc) is 3.53. The molecule has 0 amide bonds. The highest BCUT2D eigenvalue weighted by molar-refractivity contribution is 5.77. The number of anilines is 1. The third kappa shape index (κ3) is 8.82. The Morgan fingerprint density at radius 3 is 2.25 bits per heavy atom. The number of para-hydroxylation sites is 1. The Morgan fingerprint density at radius 2 is 1.75 bits per heavy atom. The molecular weight excluding hydrogens is 350 g/mol. The number of carbonyl (C=O) groups excluding carboxylic acids is 1. The first-order valence-electron chi connectivity index (χ1n) is 9.88. The van der Waals surface area contributed by atoms with Gasteiger partial charge in [0.25, 0.3) is 0 Å². The predicted octanol–water partition coefficient (Wildman–Crippen LogP) is 5.56. The number of hydrogen-bond acceptors (Lipinski definition) is 5. The van der Waals surface area contributed by atoms with Crippen LogP contribution in [0.1, 0.15) is 57.8 Å². The van der Waals surface area contributed by atoms with Gasteiger partial charge in [-0.2, -0.15) is 0 Å². The summed E-state index contributed by atoms with van der Waals surface area (Å²) in [4.78, 5) is 12.0. The van der Waals surface area contributed by atoms with Gasteiger partial charge in [0.2, 0.25) is 0 Å². The summed E-state index contributed by atoms with van der Waals surface area (Å²) in [5, 5.41) is 4.22. The van der Waals surface area contributed by atoms with Crippen molar-refractivity contribution >= 4 is 23.6 Å². The highest BCUT2D eigenvalue weighted by Crippen LogP contribution is 2.39. The number of pyridine rings is 1. The number of benzene rings is 1. The number of nitrogen functional groups attached to an aromatic ring is 1. The van der Waals surface area contributed by atoms with E-state index in [2.05, 4.69) is 28.5 Å². The van der Waals surface area contributed by atoms with Crippen LogP contribution in [0, 0.1) is 0 Å². The highest BCUT2D eigenvalue weighted by Gasteiger charge is 2.23. The van der Waals surface area contributed by atoms with Crippen molar-refractivity contribution in [3.63, 3.8) is 0 Å². The quantitative estimate of drug-likeness (QED) is 0.617. The SMILES string of the molecule is C=O.CC.CC.CNCc1cc2ccccc2o1.Nc1ccc(C2CC2)cn1. The lowest BCUT2D eigenvalue weighted by Crippen LogP contribution is -2.03. The lowest BCUT2D eigenvalue weighted by molar-refractivity contribution is -0.0979. The van der Waals surface area contributed by atoms with E-state index < -0.39 is 0 Å². The molecule has 1 aliphatic carbocycles. The zero-order valence-electron chi connectivity index (χ0n) is 17.9. The maximum Gasteiger partial charge on any atom is 0.134 e. The van der Waals surface area contributed by atoms with E-state index in [0.29, 0.717) is 5.82 Å². The summed E-state index contributed by atoms with van der Waals surface area (Å²) in [6, 6.07) is 14.0. The standard InChI is InChI=1S/C10H11NO.C8H10N2.2C2H6.CH2O/c1-11-7-9-6-8-4-2-3-5-10(8)12-9;9-8-4-3-7(5-10-8)6-1-2-6;3*1-2/h2-6,11H,7H2,1H3;3-6H,1-2H2,(H2,9,10);2*1-2H3;1H2. The second kappa shape index (κ2) is 15.4. The van der Waals surface area contributed by atoms with Gasteiger partial charge < -0.3 is 20.3 Å². The van der Waals surface area contributed by atoms with E-state index in [1.807, 2.05) is 72.0 Å². The summed E-state index contributed by atoms with van der Waals surface area (Å²) >= 11 is 0. The molecule has 4 rings (SSSR count). The Bertz CT molecular complexity index is 717. The van der Waals surface area contributed by atoms with Crippen molar-refractivity contribution in [2.45, 2.75) is 53.0 Å². The molecular formula is C23H35N3O2. The first-order valence-corrected chi connectivity index (χ1v) is 9.88. The normalized spacial score (nSPS) is 11.3. The van der Waals surface area contributed by atoms with Crippen LogP contribution in [0.5, 0.6) is 0 Å². The van der Waals surface area contributed by atoms with Gasteiger partial charge in [0.15, 0.2) is 0 Å². The molecule has 2 heterocycles. The maximum atomic E-state index is 8.00. The number of furan rings is 1. The molecule has 3 aromatic rings. The maximum absolute atomic E-state index is 8.00. The van der Waals surface area contributed by atoms with Gasteiger partial charge in [-0.25, -0.2) is 4.98 Å². The average molecular weight is 386 g/mol. The third-order valence-electron chi connectivity index (χ3n) is 3.69. The topological polar surface area (TPSA) is 81.2 Å². The van der Waals surface area contributed by atoms with Crippen molar-refractivity contribution in [3.8, 4) is 0 Å². The van der Waals surface area contributed by atoms with Crippen LogP contribution in [-0.2, 0) is 11.3 Å². The molecule has 5 nitrogen and oxygen atoms in total. The van der Waals surface area contributed by atoms with Gasteiger partial charge in [-0.1, -0.05) is 52.0 Å². The number of nitrogens with one attached hydrogen (secondary N) is 1. The van der Waals surface area contributed by atoms with E-state index in [4.69, 9.17) is 14.9 Å². The number of nitrogens with two attached hydrogens (primary N) is 1. The molecule has 0 radical (unpaired) electrons. The number of rotatable bonds is 3. The Kier molecular flexibility index (Phi) is 13.9. The minimum Gasteiger partial charge on any atom is -0.460 e. The first-order chi connectivity index (χ1) is 13.8. The van der Waals surface area contributed by atoms with Crippen molar-refractivity contribution in [1.29, 1.82) is 0 Å². The third-order valence-corrected chi connectivity index (χ3v) is 3.69. The van der Waals surface area contributed by atoms with Crippen LogP contribution < -0.4 is 11.1 Å². The van der Waals surface area contributed by atoms with Gasteiger partial charge in [0.1, 0.15) is 24.0 Å². The smallest absolute Gasteiger partial charge is 0.134 e. The van der Waals surface area contributed by atoms with Crippen LogP contribution in [0.4, 0.5) is 5.82 Å². The van der Waals surface area contributed by atoms with Crippen molar-refractivity contribution in [1.82, 2.24) is 10.3 Å². The Hall–Kier alpha value is -2.66. The first kappa shape index (κ1) is 25.3. The fourth-order valence-corrected chi connectivity index (χ4v) is 2.37.